The number of ether oxygens (including phenoxy) is 1. The molecule has 0 spiro atoms. The molecule has 3 rings (SSSR count). The lowest BCUT2D eigenvalue weighted by molar-refractivity contribution is 0.0326. The number of rotatable bonds is 3. The van der Waals surface area contributed by atoms with Crippen LogP contribution in [0.4, 0.5) is 0 Å². The highest BCUT2D eigenvalue weighted by atomic mass is 16.5. The first-order chi connectivity index (χ1) is 9.33. The maximum atomic E-state index is 5.40. The van der Waals surface area contributed by atoms with Crippen LogP contribution in [-0.2, 0) is 17.7 Å². The van der Waals surface area contributed by atoms with Crippen molar-refractivity contribution >= 4 is 0 Å². The van der Waals surface area contributed by atoms with Gasteiger partial charge >= 0.3 is 0 Å². The molecule has 2 aliphatic heterocycles. The van der Waals surface area contributed by atoms with Crippen molar-refractivity contribution in [1.29, 1.82) is 0 Å². The zero-order valence-corrected chi connectivity index (χ0v) is 11.9. The van der Waals surface area contributed by atoms with Crippen molar-refractivity contribution in [2.24, 2.45) is 0 Å². The van der Waals surface area contributed by atoms with Crippen molar-refractivity contribution in [3.8, 4) is 0 Å². The summed E-state index contributed by atoms with van der Waals surface area (Å²) in [6, 6.07) is 6.73. The molecule has 0 radical (unpaired) electrons. The summed E-state index contributed by atoms with van der Waals surface area (Å²) in [6.07, 6.45) is 1.21. The highest BCUT2D eigenvalue weighted by Crippen LogP contribution is 2.21. The smallest absolute Gasteiger partial charge is 0.0594 e. The van der Waals surface area contributed by atoms with Crippen LogP contribution in [0.15, 0.2) is 18.2 Å². The van der Waals surface area contributed by atoms with Gasteiger partial charge in [-0.25, -0.2) is 0 Å². The van der Waals surface area contributed by atoms with E-state index in [0.29, 0.717) is 0 Å². The first-order valence-electron chi connectivity index (χ1n) is 7.43. The van der Waals surface area contributed by atoms with Gasteiger partial charge in [-0.05, 0) is 30.0 Å². The third-order valence-corrected chi connectivity index (χ3v) is 4.42. The lowest BCUT2D eigenvalue weighted by Gasteiger charge is -2.33. The molecule has 2 heterocycles. The predicted molar refractivity (Wildman–Crippen MR) is 77.4 cm³/mol. The minimum atomic E-state index is 0.905. The molecule has 0 atom stereocenters. The SMILES string of the molecule is Cc1cccc2c1CN(CCN1CCOCC1)CC2. The second kappa shape index (κ2) is 6.04. The van der Waals surface area contributed by atoms with Gasteiger partial charge in [-0.1, -0.05) is 18.2 Å². The fraction of sp³-hybridized carbons (Fsp3) is 0.625. The van der Waals surface area contributed by atoms with Crippen LogP contribution in [0.3, 0.4) is 0 Å². The minimum Gasteiger partial charge on any atom is -0.379 e. The molecule has 0 aliphatic carbocycles. The van der Waals surface area contributed by atoms with Crippen molar-refractivity contribution in [2.75, 3.05) is 45.9 Å². The Morgan fingerprint density at radius 1 is 1.05 bits per heavy atom. The van der Waals surface area contributed by atoms with E-state index in [-0.39, 0.29) is 0 Å². The van der Waals surface area contributed by atoms with Gasteiger partial charge in [-0.15, -0.1) is 0 Å². The number of nitrogens with zero attached hydrogens (tertiary/aromatic N) is 2. The maximum Gasteiger partial charge on any atom is 0.0594 e. The van der Waals surface area contributed by atoms with E-state index in [0.717, 1.165) is 32.8 Å². The Kier molecular flexibility index (Phi) is 4.16. The van der Waals surface area contributed by atoms with E-state index in [4.69, 9.17) is 4.74 Å². The van der Waals surface area contributed by atoms with Gasteiger partial charge in [-0.3, -0.25) is 9.80 Å². The molecule has 0 saturated carbocycles. The highest BCUT2D eigenvalue weighted by molar-refractivity contribution is 5.35. The van der Waals surface area contributed by atoms with Crippen LogP contribution in [0.1, 0.15) is 16.7 Å². The Labute approximate surface area is 116 Å². The van der Waals surface area contributed by atoms with Crippen LogP contribution in [0, 0.1) is 6.92 Å². The summed E-state index contributed by atoms with van der Waals surface area (Å²) >= 11 is 0. The van der Waals surface area contributed by atoms with Gasteiger partial charge in [0.05, 0.1) is 13.2 Å². The molecule has 1 aromatic carbocycles. The summed E-state index contributed by atoms with van der Waals surface area (Å²) in [4.78, 5) is 5.13. The monoisotopic (exact) mass is 260 g/mol. The topological polar surface area (TPSA) is 15.7 Å². The largest absolute Gasteiger partial charge is 0.379 e. The van der Waals surface area contributed by atoms with Crippen LogP contribution in [0.5, 0.6) is 0 Å². The Hall–Kier alpha value is -0.900. The standard InChI is InChI=1S/C16H24N2O/c1-14-3-2-4-15-5-6-18(13-16(14)15)8-7-17-9-11-19-12-10-17/h2-4H,5-13H2,1H3. The van der Waals surface area contributed by atoms with Crippen LogP contribution in [0.2, 0.25) is 0 Å². The molecule has 2 aliphatic rings. The molecule has 0 N–H and O–H groups in total. The normalized spacial score (nSPS) is 21.3. The first-order valence-corrected chi connectivity index (χ1v) is 7.43. The predicted octanol–water partition coefficient (Wildman–Crippen LogP) is 1.69. The summed E-state index contributed by atoms with van der Waals surface area (Å²) in [6.45, 7) is 11.0. The fourth-order valence-electron chi connectivity index (χ4n) is 3.10. The van der Waals surface area contributed by atoms with Gasteiger partial charge in [0.1, 0.15) is 0 Å². The van der Waals surface area contributed by atoms with Gasteiger partial charge in [-0.2, -0.15) is 0 Å². The molecular weight excluding hydrogens is 236 g/mol. The summed E-state index contributed by atoms with van der Waals surface area (Å²) in [5, 5.41) is 0. The summed E-state index contributed by atoms with van der Waals surface area (Å²) < 4.78 is 5.40. The van der Waals surface area contributed by atoms with Crippen molar-refractivity contribution < 1.29 is 4.74 Å². The second-order valence-corrected chi connectivity index (χ2v) is 5.69. The Bertz CT molecular complexity index is 427. The molecule has 0 amide bonds. The van der Waals surface area contributed by atoms with E-state index in [2.05, 4.69) is 34.9 Å². The molecule has 3 heteroatoms. The van der Waals surface area contributed by atoms with Gasteiger partial charge in [0.15, 0.2) is 0 Å². The molecule has 1 saturated heterocycles. The van der Waals surface area contributed by atoms with E-state index in [1.165, 1.54) is 31.6 Å². The summed E-state index contributed by atoms with van der Waals surface area (Å²) in [5.74, 6) is 0. The molecule has 0 bridgehead atoms. The second-order valence-electron chi connectivity index (χ2n) is 5.69. The summed E-state index contributed by atoms with van der Waals surface area (Å²) in [5.41, 5.74) is 4.58. The number of hydrogen-bond donors (Lipinski definition) is 0. The number of aryl methyl sites for hydroxylation is 1. The van der Waals surface area contributed by atoms with Crippen molar-refractivity contribution in [3.05, 3.63) is 34.9 Å². The number of hydrogen-bond acceptors (Lipinski definition) is 3. The molecule has 0 unspecified atom stereocenters. The molecule has 1 fully saturated rings. The molecule has 19 heavy (non-hydrogen) atoms. The van der Waals surface area contributed by atoms with E-state index in [1.807, 2.05) is 0 Å². The van der Waals surface area contributed by atoms with Crippen LogP contribution < -0.4 is 0 Å². The van der Waals surface area contributed by atoms with E-state index < -0.39 is 0 Å². The third kappa shape index (κ3) is 3.16. The zero-order valence-electron chi connectivity index (χ0n) is 11.9. The molecule has 3 nitrogen and oxygen atoms in total. The quantitative estimate of drug-likeness (QED) is 0.822. The first kappa shape index (κ1) is 13.1. The third-order valence-electron chi connectivity index (χ3n) is 4.42. The van der Waals surface area contributed by atoms with Crippen molar-refractivity contribution in [2.45, 2.75) is 19.9 Å². The Morgan fingerprint density at radius 3 is 2.68 bits per heavy atom. The van der Waals surface area contributed by atoms with Crippen molar-refractivity contribution in [1.82, 2.24) is 9.80 Å². The maximum absolute atomic E-state index is 5.40. The van der Waals surface area contributed by atoms with Gasteiger partial charge < -0.3 is 4.74 Å². The Morgan fingerprint density at radius 2 is 1.84 bits per heavy atom. The van der Waals surface area contributed by atoms with Gasteiger partial charge in [0.25, 0.3) is 0 Å². The van der Waals surface area contributed by atoms with Crippen molar-refractivity contribution in [3.63, 3.8) is 0 Å². The van der Waals surface area contributed by atoms with Gasteiger partial charge in [0, 0.05) is 39.3 Å². The Balaban J connectivity index is 1.55. The average Bonchev–Trinajstić information content (AvgIpc) is 2.47. The van der Waals surface area contributed by atoms with E-state index in [1.54, 1.807) is 11.1 Å². The fourth-order valence-corrected chi connectivity index (χ4v) is 3.10. The van der Waals surface area contributed by atoms with Crippen LogP contribution in [-0.4, -0.2) is 55.7 Å². The summed E-state index contributed by atoms with van der Waals surface area (Å²) in [7, 11) is 0. The molecular formula is C16H24N2O. The van der Waals surface area contributed by atoms with E-state index >= 15 is 0 Å². The molecule has 104 valence electrons. The minimum absolute atomic E-state index is 0.905. The lowest BCUT2D eigenvalue weighted by Crippen LogP contribution is -2.42. The van der Waals surface area contributed by atoms with Gasteiger partial charge in [0.2, 0.25) is 0 Å². The number of morpholine rings is 1. The highest BCUT2D eigenvalue weighted by Gasteiger charge is 2.18. The van der Waals surface area contributed by atoms with Crippen LogP contribution in [0.25, 0.3) is 0 Å². The van der Waals surface area contributed by atoms with E-state index in [9.17, 15) is 0 Å². The molecule has 1 aromatic rings. The number of benzene rings is 1. The average molecular weight is 260 g/mol. The zero-order chi connectivity index (χ0) is 13.1. The number of fused-ring (bicyclic) bond motifs is 1. The lowest BCUT2D eigenvalue weighted by atomic mass is 9.96. The van der Waals surface area contributed by atoms with Crippen LogP contribution >= 0.6 is 0 Å². The molecule has 0 aromatic heterocycles.